The Morgan fingerprint density at radius 2 is 2.00 bits per heavy atom. The van der Waals surface area contributed by atoms with E-state index in [9.17, 15) is 18.5 Å². The molecule has 1 N–H and O–H groups in total. The van der Waals surface area contributed by atoms with E-state index in [0.29, 0.717) is 12.2 Å². The van der Waals surface area contributed by atoms with Crippen LogP contribution in [0.25, 0.3) is 0 Å². The molecule has 1 fully saturated rings. The van der Waals surface area contributed by atoms with Gasteiger partial charge in [0.1, 0.15) is 15.5 Å². The van der Waals surface area contributed by atoms with Crippen LogP contribution in [0.15, 0.2) is 24.3 Å². The van der Waals surface area contributed by atoms with Crippen LogP contribution in [0, 0.1) is 15.5 Å². The number of sulfone groups is 1. The van der Waals surface area contributed by atoms with Crippen molar-refractivity contribution in [2.45, 2.75) is 12.8 Å². The minimum Gasteiger partial charge on any atom is -0.379 e. The van der Waals surface area contributed by atoms with E-state index < -0.39 is 14.8 Å². The van der Waals surface area contributed by atoms with E-state index in [-0.39, 0.29) is 16.9 Å². The van der Waals surface area contributed by atoms with E-state index in [1.807, 2.05) is 0 Å². The molecule has 1 aliphatic rings. The molecule has 0 unspecified atom stereocenters. The summed E-state index contributed by atoms with van der Waals surface area (Å²) in [5, 5.41) is 13.9. The van der Waals surface area contributed by atoms with Crippen LogP contribution in [-0.2, 0) is 9.84 Å². The summed E-state index contributed by atoms with van der Waals surface area (Å²) in [5.74, 6) is 0.133. The fourth-order valence-electron chi connectivity index (χ4n) is 2.17. The van der Waals surface area contributed by atoms with Gasteiger partial charge in [0.2, 0.25) is 0 Å². The molecule has 0 atom stereocenters. The Balaban J connectivity index is 2.06. The minimum absolute atomic E-state index is 0.0117. The van der Waals surface area contributed by atoms with Gasteiger partial charge in [-0.3, -0.25) is 10.1 Å². The number of hydrogen-bond donors (Lipinski definition) is 1. The van der Waals surface area contributed by atoms with E-state index in [1.165, 1.54) is 12.3 Å². The third kappa shape index (κ3) is 3.66. The lowest BCUT2D eigenvalue weighted by atomic mass is 10.1. The zero-order chi connectivity index (χ0) is 14.1. The molecule has 0 spiro atoms. The average Bonchev–Trinajstić information content (AvgIpc) is 3.04. The van der Waals surface area contributed by atoms with Crippen LogP contribution in [0.4, 0.5) is 11.4 Å². The average molecular weight is 284 g/mol. The number of nitro groups is 1. The molecule has 104 valence electrons. The number of para-hydroxylation sites is 2. The van der Waals surface area contributed by atoms with Crippen molar-refractivity contribution in [1.29, 1.82) is 0 Å². The van der Waals surface area contributed by atoms with Gasteiger partial charge in [0, 0.05) is 24.3 Å². The van der Waals surface area contributed by atoms with Crippen LogP contribution < -0.4 is 5.32 Å². The maximum Gasteiger partial charge on any atom is 0.292 e. The first kappa shape index (κ1) is 13.8. The fourth-order valence-corrected chi connectivity index (χ4v) is 3.67. The summed E-state index contributed by atoms with van der Waals surface area (Å²) in [6.45, 7) is 0.449. The van der Waals surface area contributed by atoms with Crippen molar-refractivity contribution in [3.8, 4) is 0 Å². The molecular weight excluding hydrogens is 268 g/mol. The van der Waals surface area contributed by atoms with Gasteiger partial charge in [0.25, 0.3) is 5.69 Å². The molecule has 0 amide bonds. The second-order valence-electron chi connectivity index (χ2n) is 5.20. The Hall–Kier alpha value is -1.63. The molecule has 1 aromatic rings. The topological polar surface area (TPSA) is 89.3 Å². The Labute approximate surface area is 111 Å². The summed E-state index contributed by atoms with van der Waals surface area (Å²) in [5.41, 5.74) is 0.196. The van der Waals surface area contributed by atoms with Gasteiger partial charge in [-0.15, -0.1) is 0 Å². The fraction of sp³-hybridized carbons (Fsp3) is 0.500. The van der Waals surface area contributed by atoms with E-state index >= 15 is 0 Å². The number of hydrogen-bond acceptors (Lipinski definition) is 5. The molecule has 7 heteroatoms. The molecule has 19 heavy (non-hydrogen) atoms. The molecule has 0 radical (unpaired) electrons. The lowest BCUT2D eigenvalue weighted by Crippen LogP contribution is -2.24. The predicted octanol–water partition coefficient (Wildman–Crippen LogP) is 1.83. The summed E-state index contributed by atoms with van der Waals surface area (Å²) >= 11 is 0. The van der Waals surface area contributed by atoms with Gasteiger partial charge in [-0.1, -0.05) is 12.1 Å². The molecule has 0 aliphatic heterocycles. The zero-order valence-electron chi connectivity index (χ0n) is 10.6. The summed E-state index contributed by atoms with van der Waals surface area (Å²) in [6, 6.07) is 6.38. The Kier molecular flexibility index (Phi) is 3.49. The molecule has 0 heterocycles. The maximum absolute atomic E-state index is 11.3. The van der Waals surface area contributed by atoms with Gasteiger partial charge < -0.3 is 5.32 Å². The van der Waals surface area contributed by atoms with Crippen LogP contribution >= 0.6 is 0 Å². The number of anilines is 1. The van der Waals surface area contributed by atoms with Gasteiger partial charge in [0.05, 0.1) is 10.7 Å². The molecule has 0 bridgehead atoms. The van der Waals surface area contributed by atoms with Crippen molar-refractivity contribution in [1.82, 2.24) is 0 Å². The van der Waals surface area contributed by atoms with Crippen LogP contribution in [0.2, 0.25) is 0 Å². The highest BCUT2D eigenvalue weighted by Gasteiger charge is 2.45. The number of nitrogens with zero attached hydrogens (tertiary/aromatic N) is 1. The second kappa shape index (κ2) is 4.80. The van der Waals surface area contributed by atoms with Gasteiger partial charge >= 0.3 is 0 Å². The van der Waals surface area contributed by atoms with Crippen molar-refractivity contribution in [3.63, 3.8) is 0 Å². The monoisotopic (exact) mass is 284 g/mol. The summed E-state index contributed by atoms with van der Waals surface area (Å²) in [6.07, 6.45) is 2.90. The molecule has 0 saturated heterocycles. The molecule has 1 saturated carbocycles. The van der Waals surface area contributed by atoms with Crippen LogP contribution in [0.3, 0.4) is 0 Å². The van der Waals surface area contributed by atoms with Crippen LogP contribution in [0.5, 0.6) is 0 Å². The maximum atomic E-state index is 11.3. The lowest BCUT2D eigenvalue weighted by Gasteiger charge is -2.15. The highest BCUT2D eigenvalue weighted by atomic mass is 32.2. The predicted molar refractivity (Wildman–Crippen MR) is 73.0 cm³/mol. The number of nitrogens with one attached hydrogen (secondary N) is 1. The largest absolute Gasteiger partial charge is 0.379 e. The summed E-state index contributed by atoms with van der Waals surface area (Å²) in [4.78, 5) is 10.4. The molecule has 1 aromatic carbocycles. The summed E-state index contributed by atoms with van der Waals surface area (Å²) < 4.78 is 22.7. The molecule has 0 aromatic heterocycles. The van der Waals surface area contributed by atoms with Crippen molar-refractivity contribution in [2.24, 2.45) is 5.41 Å². The van der Waals surface area contributed by atoms with Gasteiger partial charge in [0.15, 0.2) is 0 Å². The Morgan fingerprint density at radius 3 is 2.53 bits per heavy atom. The van der Waals surface area contributed by atoms with Gasteiger partial charge in [-0.25, -0.2) is 8.42 Å². The van der Waals surface area contributed by atoms with Crippen molar-refractivity contribution in [2.75, 3.05) is 23.9 Å². The van der Waals surface area contributed by atoms with Crippen molar-refractivity contribution in [3.05, 3.63) is 34.4 Å². The third-order valence-electron chi connectivity index (χ3n) is 3.28. The number of rotatable bonds is 6. The van der Waals surface area contributed by atoms with Gasteiger partial charge in [-0.05, 0) is 18.9 Å². The first-order valence-corrected chi connectivity index (χ1v) is 8.02. The van der Waals surface area contributed by atoms with E-state index in [0.717, 1.165) is 12.8 Å². The van der Waals surface area contributed by atoms with Crippen LogP contribution in [0.1, 0.15) is 12.8 Å². The molecule has 2 rings (SSSR count). The number of nitro benzene ring substituents is 1. The van der Waals surface area contributed by atoms with Crippen molar-refractivity contribution < 1.29 is 13.3 Å². The smallest absolute Gasteiger partial charge is 0.292 e. The standard InChI is InChI=1S/C12H16N2O4S/c1-19(17,18)9-12(6-7-12)8-13-10-4-2-3-5-11(10)14(15)16/h2-5,13H,6-9H2,1H3. The van der Waals surface area contributed by atoms with Crippen LogP contribution in [-0.4, -0.2) is 31.9 Å². The Morgan fingerprint density at radius 1 is 1.37 bits per heavy atom. The first-order valence-electron chi connectivity index (χ1n) is 5.96. The normalized spacial score (nSPS) is 16.9. The molecular formula is C12H16N2O4S. The van der Waals surface area contributed by atoms with E-state index in [4.69, 9.17) is 0 Å². The van der Waals surface area contributed by atoms with Crippen molar-refractivity contribution >= 4 is 21.2 Å². The second-order valence-corrected chi connectivity index (χ2v) is 7.34. The Bertz CT molecular complexity index is 594. The summed E-state index contributed by atoms with van der Waals surface area (Å²) in [7, 11) is -3.02. The van der Waals surface area contributed by atoms with E-state index in [2.05, 4.69) is 5.32 Å². The highest BCUT2D eigenvalue weighted by Crippen LogP contribution is 2.46. The quantitative estimate of drug-likeness (QED) is 0.636. The third-order valence-corrected chi connectivity index (χ3v) is 4.42. The lowest BCUT2D eigenvalue weighted by molar-refractivity contribution is -0.384. The van der Waals surface area contributed by atoms with Gasteiger partial charge in [-0.2, -0.15) is 0 Å². The first-order chi connectivity index (χ1) is 8.81. The molecule has 1 aliphatic carbocycles. The molecule has 6 nitrogen and oxygen atoms in total. The SMILES string of the molecule is CS(=O)(=O)CC1(CNc2ccccc2[N+](=O)[O-])CC1. The van der Waals surface area contributed by atoms with E-state index in [1.54, 1.807) is 18.2 Å². The minimum atomic E-state index is -3.02. The zero-order valence-corrected chi connectivity index (χ0v) is 11.4. The highest BCUT2D eigenvalue weighted by molar-refractivity contribution is 7.90. The number of benzene rings is 1.